The first kappa shape index (κ1) is 49.0. The van der Waals surface area contributed by atoms with Crippen molar-refractivity contribution < 1.29 is 140 Å². The van der Waals surface area contributed by atoms with Gasteiger partial charge >= 0.3 is 71.6 Å². The minimum Gasteiger partial charge on any atom is -0.285 e. The van der Waals surface area contributed by atoms with Crippen molar-refractivity contribution in [3.05, 3.63) is 0 Å². The Balaban J connectivity index is 7.20. The van der Waals surface area contributed by atoms with Gasteiger partial charge in [-0.1, -0.05) is 0 Å². The topological polar surface area (TPSA) is 109 Å². The Morgan fingerprint density at radius 3 is 0.667 bits per heavy atom. The Hall–Kier alpha value is -2.00. The molecule has 0 spiro atoms. The van der Waals surface area contributed by atoms with Crippen LogP contribution in [0.1, 0.15) is 19.3 Å². The summed E-state index contributed by atoms with van der Waals surface area (Å²) in [6.07, 6.45) is -28.2. The van der Waals surface area contributed by atoms with E-state index in [9.17, 15) is 131 Å². The van der Waals surface area contributed by atoms with Crippen LogP contribution in [0, 0.1) is 0 Å². The number of halogens is 26. The van der Waals surface area contributed by atoms with Gasteiger partial charge in [-0.15, -0.1) is 0 Å². The Morgan fingerprint density at radius 2 is 0.510 bits per heavy atom. The van der Waals surface area contributed by atoms with Crippen molar-refractivity contribution in [3.8, 4) is 0 Å². The highest BCUT2D eigenvalue weighted by Gasteiger charge is 2.92. The maximum absolute atomic E-state index is 14.2. The van der Waals surface area contributed by atoms with Crippen LogP contribution in [0.15, 0.2) is 0 Å². The van der Waals surface area contributed by atoms with E-state index in [-0.39, 0.29) is 0 Å². The molecule has 0 saturated carbocycles. The van der Waals surface area contributed by atoms with E-state index in [0.29, 0.717) is 0 Å². The monoisotopic (exact) mass is 868 g/mol. The molecule has 2 atom stereocenters. The van der Waals surface area contributed by atoms with E-state index in [2.05, 4.69) is 0 Å². The second-order valence-electron chi connectivity index (χ2n) is 9.92. The largest absolute Gasteiger partial charge is 0.460 e. The zero-order valence-electron chi connectivity index (χ0n) is 22.4. The molecule has 0 aliphatic carbocycles. The Kier molecular flexibility index (Phi) is 12.3. The van der Waals surface area contributed by atoms with Crippen molar-refractivity contribution in [1.29, 1.82) is 0 Å². The smallest absolute Gasteiger partial charge is 0.285 e. The van der Waals surface area contributed by atoms with E-state index in [1.54, 1.807) is 0 Å². The van der Waals surface area contributed by atoms with Gasteiger partial charge in [0, 0.05) is 12.8 Å². The molecule has 0 aliphatic heterocycles. The van der Waals surface area contributed by atoms with Crippen molar-refractivity contribution in [3.63, 3.8) is 0 Å². The molecule has 0 aliphatic rings. The lowest BCUT2D eigenvalue weighted by Gasteiger charge is -2.41. The van der Waals surface area contributed by atoms with Crippen molar-refractivity contribution in [2.75, 3.05) is 0 Å². The molecule has 0 aromatic carbocycles. The highest BCUT2D eigenvalue weighted by molar-refractivity contribution is 7.87. The van der Waals surface area contributed by atoms with Crippen LogP contribution in [0.3, 0.4) is 0 Å². The number of hydrogen-bond donors (Lipinski definition) is 2. The standard InChI is InChI=1S/C17H10F26O6S2/c18-6(19,8(22,23)10(26,27)12(30,31)14(34,35)16(38,39)40)2-4(50(44,45)46)1-5(51(47,48)49)3-7(20,21)9(24,25)11(28,29)13(32,33)15(36,37)17(41,42)43/h4-5H,1-3H2,(H,44,45,46)(H,47,48,49). The van der Waals surface area contributed by atoms with E-state index >= 15 is 0 Å². The van der Waals surface area contributed by atoms with Crippen LogP contribution in [0.2, 0.25) is 0 Å². The molecule has 0 radical (unpaired) electrons. The lowest BCUT2D eigenvalue weighted by molar-refractivity contribution is -0.440. The van der Waals surface area contributed by atoms with Crippen molar-refractivity contribution in [1.82, 2.24) is 0 Å². The number of hydrogen-bond acceptors (Lipinski definition) is 4. The van der Waals surface area contributed by atoms with Gasteiger partial charge in [-0.05, 0) is 6.42 Å². The summed E-state index contributed by atoms with van der Waals surface area (Å²) in [7, 11) is -14.4. The van der Waals surface area contributed by atoms with Crippen molar-refractivity contribution in [2.24, 2.45) is 0 Å². The summed E-state index contributed by atoms with van der Waals surface area (Å²) in [6.45, 7) is 0. The molecule has 2 N–H and O–H groups in total. The minimum absolute atomic E-state index is 3.55. The molecule has 0 heterocycles. The Labute approximate surface area is 262 Å². The molecule has 51 heavy (non-hydrogen) atoms. The molecular formula is C17H10F26O6S2. The molecular weight excluding hydrogens is 858 g/mol. The third-order valence-electron chi connectivity index (χ3n) is 6.33. The first-order chi connectivity index (χ1) is 21.4. The molecule has 34 heteroatoms. The second-order valence-corrected chi connectivity index (χ2v) is 13.3. The molecule has 308 valence electrons. The van der Waals surface area contributed by atoms with Gasteiger partial charge < -0.3 is 0 Å². The second kappa shape index (κ2) is 12.8. The first-order valence-electron chi connectivity index (χ1n) is 11.3. The van der Waals surface area contributed by atoms with Crippen LogP contribution in [0.4, 0.5) is 114 Å². The van der Waals surface area contributed by atoms with Gasteiger partial charge in [0.1, 0.15) is 0 Å². The van der Waals surface area contributed by atoms with E-state index in [4.69, 9.17) is 9.11 Å². The maximum Gasteiger partial charge on any atom is 0.460 e. The molecule has 0 bridgehead atoms. The van der Waals surface area contributed by atoms with Crippen LogP contribution in [-0.4, -0.2) is 108 Å². The molecule has 0 rings (SSSR count). The lowest BCUT2D eigenvalue weighted by Crippen LogP contribution is -2.70. The van der Waals surface area contributed by atoms with E-state index in [1.165, 1.54) is 0 Å². The highest BCUT2D eigenvalue weighted by atomic mass is 32.2. The molecule has 2 unspecified atom stereocenters. The zero-order chi connectivity index (χ0) is 42.3. The predicted molar refractivity (Wildman–Crippen MR) is 106 cm³/mol. The summed E-state index contributed by atoms with van der Waals surface area (Å²) < 4.78 is 408. The Morgan fingerprint density at radius 1 is 0.333 bits per heavy atom. The van der Waals surface area contributed by atoms with Crippen molar-refractivity contribution in [2.45, 2.75) is 101 Å². The van der Waals surface area contributed by atoms with Crippen LogP contribution in [-0.2, 0) is 20.2 Å². The van der Waals surface area contributed by atoms with E-state index in [0.717, 1.165) is 0 Å². The van der Waals surface area contributed by atoms with Gasteiger partial charge in [0.05, 0.1) is 10.5 Å². The predicted octanol–water partition coefficient (Wildman–Crippen LogP) is 8.15. The zero-order valence-corrected chi connectivity index (χ0v) is 24.1. The average molecular weight is 868 g/mol. The van der Waals surface area contributed by atoms with Gasteiger partial charge in [-0.25, -0.2) is 0 Å². The number of alkyl halides is 26. The minimum atomic E-state index is -8.75. The lowest BCUT2D eigenvalue weighted by atomic mass is 9.90. The fraction of sp³-hybridized carbons (Fsp3) is 1.00. The van der Waals surface area contributed by atoms with Gasteiger partial charge in [-0.3, -0.25) is 9.11 Å². The highest BCUT2D eigenvalue weighted by Crippen LogP contribution is 2.63. The molecule has 6 nitrogen and oxygen atoms in total. The molecule has 0 saturated heterocycles. The Bertz CT molecular complexity index is 1370. The van der Waals surface area contributed by atoms with Crippen LogP contribution in [0.25, 0.3) is 0 Å². The van der Waals surface area contributed by atoms with Crippen molar-refractivity contribution >= 4 is 20.2 Å². The third-order valence-corrected chi connectivity index (χ3v) is 8.74. The van der Waals surface area contributed by atoms with Crippen LogP contribution >= 0.6 is 0 Å². The van der Waals surface area contributed by atoms with Gasteiger partial charge in [-0.2, -0.15) is 131 Å². The summed E-state index contributed by atoms with van der Waals surface area (Å²) in [5, 5.41) is -9.59. The fourth-order valence-corrected chi connectivity index (χ4v) is 5.26. The van der Waals surface area contributed by atoms with Gasteiger partial charge in [0.2, 0.25) is 0 Å². The van der Waals surface area contributed by atoms with E-state index < -0.39 is 122 Å². The van der Waals surface area contributed by atoms with E-state index in [1.807, 2.05) is 0 Å². The SMILES string of the molecule is O=S(=O)(O)C(CC(CC(F)(F)C(F)(F)C(F)(F)C(F)(F)C(F)(F)C(F)(F)F)S(=O)(=O)O)CC(F)(F)C(F)(F)C(F)(F)C(F)(F)C(F)(F)C(F)(F)F. The molecule has 0 amide bonds. The molecule has 0 fully saturated rings. The first-order valence-corrected chi connectivity index (χ1v) is 14.3. The summed E-state index contributed by atoms with van der Waals surface area (Å²) in [5.41, 5.74) is 0. The van der Waals surface area contributed by atoms with Gasteiger partial charge in [0.15, 0.2) is 0 Å². The average Bonchev–Trinajstić information content (AvgIpc) is 2.84. The summed E-state index contributed by atoms with van der Waals surface area (Å²) in [6, 6.07) is 0. The number of rotatable bonds is 16. The molecule has 0 aromatic rings. The van der Waals surface area contributed by atoms with Crippen LogP contribution in [0.5, 0.6) is 0 Å². The normalized spacial score (nSPS) is 17.8. The quantitative estimate of drug-likeness (QED) is 0.120. The summed E-state index contributed by atoms with van der Waals surface area (Å²) >= 11 is 0. The van der Waals surface area contributed by atoms with Gasteiger partial charge in [0.25, 0.3) is 20.2 Å². The maximum atomic E-state index is 14.2. The summed E-state index contributed by atoms with van der Waals surface area (Å²) in [4.78, 5) is 0. The fourth-order valence-electron chi connectivity index (χ4n) is 3.35. The molecule has 0 aromatic heterocycles. The van der Waals surface area contributed by atoms with Crippen LogP contribution < -0.4 is 0 Å². The summed E-state index contributed by atoms with van der Waals surface area (Å²) in [5.74, 6) is -84.1. The third kappa shape index (κ3) is 7.82.